The smallest absolute Gasteiger partial charge is 0.228 e. The van der Waals surface area contributed by atoms with Crippen LogP contribution in [0.3, 0.4) is 0 Å². The molecule has 4 aromatic rings. The van der Waals surface area contributed by atoms with Crippen molar-refractivity contribution in [2.45, 2.75) is 6.42 Å². The van der Waals surface area contributed by atoms with Crippen molar-refractivity contribution in [3.05, 3.63) is 72.6 Å². The monoisotopic (exact) mass is 359 g/mol. The quantitative estimate of drug-likeness (QED) is 0.592. The predicted molar refractivity (Wildman–Crippen MR) is 102 cm³/mol. The van der Waals surface area contributed by atoms with Gasteiger partial charge in [0.15, 0.2) is 5.65 Å². The van der Waals surface area contributed by atoms with Gasteiger partial charge in [0.05, 0.1) is 19.2 Å². The first-order valence-corrected chi connectivity index (χ1v) is 8.41. The van der Waals surface area contributed by atoms with E-state index in [2.05, 4.69) is 20.6 Å². The lowest BCUT2D eigenvalue weighted by molar-refractivity contribution is -0.115. The zero-order valence-corrected chi connectivity index (χ0v) is 14.7. The van der Waals surface area contributed by atoms with Crippen LogP contribution in [-0.2, 0) is 11.2 Å². The lowest BCUT2D eigenvalue weighted by Gasteiger charge is -2.08. The van der Waals surface area contributed by atoms with Crippen molar-refractivity contribution >= 4 is 17.2 Å². The highest BCUT2D eigenvalue weighted by Gasteiger charge is 2.08. The molecule has 0 spiro atoms. The Morgan fingerprint density at radius 2 is 2.00 bits per heavy atom. The number of fused-ring (bicyclic) bond motifs is 1. The minimum atomic E-state index is -0.0948. The van der Waals surface area contributed by atoms with Crippen molar-refractivity contribution in [1.82, 2.24) is 19.8 Å². The number of carbonyl (C=O) groups is 1. The first-order valence-electron chi connectivity index (χ1n) is 8.41. The van der Waals surface area contributed by atoms with E-state index in [1.165, 1.54) is 0 Å². The molecule has 0 saturated heterocycles. The molecule has 7 nitrogen and oxygen atoms in total. The Morgan fingerprint density at radius 1 is 1.11 bits per heavy atom. The highest BCUT2D eigenvalue weighted by atomic mass is 16.5. The summed E-state index contributed by atoms with van der Waals surface area (Å²) in [5.41, 5.74) is 3.95. The lowest BCUT2D eigenvalue weighted by atomic mass is 10.1. The average Bonchev–Trinajstić information content (AvgIpc) is 3.16. The Kier molecular flexibility index (Phi) is 4.49. The molecule has 0 atom stereocenters. The minimum absolute atomic E-state index is 0.0948. The second kappa shape index (κ2) is 7.25. The van der Waals surface area contributed by atoms with Gasteiger partial charge in [-0.1, -0.05) is 24.3 Å². The highest BCUT2D eigenvalue weighted by Crippen LogP contribution is 2.21. The number of carbonyl (C=O) groups excluding carboxylic acids is 1. The second-order valence-corrected chi connectivity index (χ2v) is 6.01. The van der Waals surface area contributed by atoms with E-state index in [1.807, 2.05) is 60.7 Å². The summed E-state index contributed by atoms with van der Waals surface area (Å²) in [6, 6.07) is 18.8. The molecule has 0 radical (unpaired) electrons. The van der Waals surface area contributed by atoms with Gasteiger partial charge >= 0.3 is 0 Å². The lowest BCUT2D eigenvalue weighted by Crippen LogP contribution is -2.14. The van der Waals surface area contributed by atoms with Crippen LogP contribution in [0.1, 0.15) is 5.56 Å². The summed E-state index contributed by atoms with van der Waals surface area (Å²) in [7, 11) is 1.61. The summed E-state index contributed by atoms with van der Waals surface area (Å²) in [6.45, 7) is 0. The van der Waals surface area contributed by atoms with E-state index in [0.717, 1.165) is 22.6 Å². The summed E-state index contributed by atoms with van der Waals surface area (Å²) in [5.74, 6) is 0.639. The molecule has 1 amide bonds. The maximum atomic E-state index is 12.4. The fourth-order valence-electron chi connectivity index (χ4n) is 2.81. The molecule has 0 unspecified atom stereocenters. The summed E-state index contributed by atoms with van der Waals surface area (Å²) in [4.78, 5) is 12.4. The number of ether oxygens (including phenoxy) is 1. The Morgan fingerprint density at radius 3 is 2.89 bits per heavy atom. The van der Waals surface area contributed by atoms with Gasteiger partial charge in [0.1, 0.15) is 12.1 Å². The number of nitrogens with one attached hydrogen (secondary N) is 1. The van der Waals surface area contributed by atoms with E-state index in [1.54, 1.807) is 18.0 Å². The van der Waals surface area contributed by atoms with Crippen LogP contribution in [0.25, 0.3) is 16.9 Å². The standard InChI is InChI=1S/C20H17N5O2/c1-27-17-7-2-4-14(10-17)11-20(26)22-16-6-3-5-15(12-16)18-8-9-19-23-21-13-25(19)24-18/h2-10,12-13H,11H2,1H3,(H,22,26). The molecule has 0 aliphatic carbocycles. The molecule has 27 heavy (non-hydrogen) atoms. The zero-order valence-electron chi connectivity index (χ0n) is 14.7. The third-order valence-electron chi connectivity index (χ3n) is 4.10. The molecule has 0 aliphatic rings. The molecule has 7 heteroatoms. The fraction of sp³-hybridized carbons (Fsp3) is 0.100. The minimum Gasteiger partial charge on any atom is -0.497 e. The number of hydrogen-bond acceptors (Lipinski definition) is 5. The molecule has 134 valence electrons. The molecular formula is C20H17N5O2. The van der Waals surface area contributed by atoms with E-state index in [9.17, 15) is 4.79 Å². The van der Waals surface area contributed by atoms with Gasteiger partial charge in [-0.25, -0.2) is 0 Å². The fourth-order valence-corrected chi connectivity index (χ4v) is 2.81. The molecule has 2 heterocycles. The SMILES string of the molecule is COc1cccc(CC(=O)Nc2cccc(-c3ccc4nncn4n3)c2)c1. The van der Waals surface area contributed by atoms with Gasteiger partial charge in [-0.15, -0.1) is 10.2 Å². The maximum Gasteiger partial charge on any atom is 0.228 e. The van der Waals surface area contributed by atoms with E-state index in [4.69, 9.17) is 4.74 Å². The van der Waals surface area contributed by atoms with Gasteiger partial charge in [0.2, 0.25) is 5.91 Å². The number of aromatic nitrogens is 4. The molecule has 0 saturated carbocycles. The summed E-state index contributed by atoms with van der Waals surface area (Å²) >= 11 is 0. The van der Waals surface area contributed by atoms with Crippen LogP contribution < -0.4 is 10.1 Å². The number of rotatable bonds is 5. The van der Waals surface area contributed by atoms with Crippen LogP contribution in [0.5, 0.6) is 5.75 Å². The number of benzene rings is 2. The molecule has 4 rings (SSSR count). The van der Waals surface area contributed by atoms with Crippen molar-refractivity contribution in [1.29, 1.82) is 0 Å². The predicted octanol–water partition coefficient (Wildman–Crippen LogP) is 2.98. The summed E-state index contributed by atoms with van der Waals surface area (Å²) in [5, 5.41) is 15.2. The van der Waals surface area contributed by atoms with Gasteiger partial charge < -0.3 is 10.1 Å². The van der Waals surface area contributed by atoms with E-state index >= 15 is 0 Å². The second-order valence-electron chi connectivity index (χ2n) is 6.01. The number of hydrogen-bond donors (Lipinski definition) is 1. The number of amides is 1. The van der Waals surface area contributed by atoms with Crippen LogP contribution in [-0.4, -0.2) is 32.8 Å². The normalized spacial score (nSPS) is 10.7. The van der Waals surface area contributed by atoms with Crippen molar-refractivity contribution in [2.24, 2.45) is 0 Å². The third kappa shape index (κ3) is 3.77. The maximum absolute atomic E-state index is 12.4. The van der Waals surface area contributed by atoms with Gasteiger partial charge in [0, 0.05) is 11.3 Å². The van der Waals surface area contributed by atoms with Crippen LogP contribution in [0.15, 0.2) is 67.0 Å². The van der Waals surface area contributed by atoms with Crippen molar-refractivity contribution < 1.29 is 9.53 Å². The first-order chi connectivity index (χ1) is 13.2. The van der Waals surface area contributed by atoms with E-state index < -0.39 is 0 Å². The molecule has 1 N–H and O–H groups in total. The molecule has 2 aromatic heterocycles. The largest absolute Gasteiger partial charge is 0.497 e. The Bertz CT molecular complexity index is 1110. The molecule has 2 aromatic carbocycles. The first kappa shape index (κ1) is 16.7. The van der Waals surface area contributed by atoms with Crippen molar-refractivity contribution in [2.75, 3.05) is 12.4 Å². The van der Waals surface area contributed by atoms with E-state index in [-0.39, 0.29) is 12.3 Å². The zero-order chi connectivity index (χ0) is 18.6. The number of nitrogens with zero attached hydrogens (tertiary/aromatic N) is 4. The van der Waals surface area contributed by atoms with Crippen molar-refractivity contribution in [3.63, 3.8) is 0 Å². The summed E-state index contributed by atoms with van der Waals surface area (Å²) < 4.78 is 6.81. The third-order valence-corrected chi connectivity index (χ3v) is 4.10. The Balaban J connectivity index is 1.50. The molecular weight excluding hydrogens is 342 g/mol. The van der Waals surface area contributed by atoms with Crippen LogP contribution in [0, 0.1) is 0 Å². The van der Waals surface area contributed by atoms with Gasteiger partial charge in [0.25, 0.3) is 0 Å². The average molecular weight is 359 g/mol. The Labute approximate surface area is 155 Å². The van der Waals surface area contributed by atoms with Crippen LogP contribution >= 0.6 is 0 Å². The molecule has 0 bridgehead atoms. The van der Waals surface area contributed by atoms with Gasteiger partial charge in [-0.3, -0.25) is 4.79 Å². The highest BCUT2D eigenvalue weighted by molar-refractivity contribution is 5.92. The topological polar surface area (TPSA) is 81.4 Å². The summed E-state index contributed by atoms with van der Waals surface area (Å²) in [6.07, 6.45) is 1.82. The van der Waals surface area contributed by atoms with Gasteiger partial charge in [-0.2, -0.15) is 9.61 Å². The van der Waals surface area contributed by atoms with Crippen LogP contribution in [0.2, 0.25) is 0 Å². The molecule has 0 aliphatic heterocycles. The number of methoxy groups -OCH3 is 1. The van der Waals surface area contributed by atoms with Gasteiger partial charge in [-0.05, 0) is 42.0 Å². The van der Waals surface area contributed by atoms with Crippen LogP contribution in [0.4, 0.5) is 5.69 Å². The van der Waals surface area contributed by atoms with Crippen molar-refractivity contribution in [3.8, 4) is 17.0 Å². The Hall–Kier alpha value is -3.74. The molecule has 0 fully saturated rings. The number of anilines is 1. The van der Waals surface area contributed by atoms with E-state index in [0.29, 0.717) is 11.3 Å².